The lowest BCUT2D eigenvalue weighted by atomic mass is 10.2. The molecule has 10 heteroatoms. The summed E-state index contributed by atoms with van der Waals surface area (Å²) in [5.74, 6) is -1.18. The lowest BCUT2D eigenvalue weighted by molar-refractivity contribution is -0.384. The van der Waals surface area contributed by atoms with Crippen LogP contribution in [0.4, 0.5) is 11.4 Å². The van der Waals surface area contributed by atoms with E-state index in [0.29, 0.717) is 13.1 Å². The van der Waals surface area contributed by atoms with Crippen molar-refractivity contribution in [1.29, 1.82) is 0 Å². The molecule has 27 heavy (non-hydrogen) atoms. The van der Waals surface area contributed by atoms with Gasteiger partial charge in [-0.25, -0.2) is 0 Å². The van der Waals surface area contributed by atoms with E-state index in [1.54, 1.807) is 4.90 Å². The zero-order valence-corrected chi connectivity index (χ0v) is 16.3. The monoisotopic (exact) mass is 397 g/mol. The van der Waals surface area contributed by atoms with E-state index in [0.717, 1.165) is 11.8 Å². The van der Waals surface area contributed by atoms with Gasteiger partial charge in [-0.3, -0.25) is 24.5 Å². The van der Waals surface area contributed by atoms with Gasteiger partial charge in [-0.05, 0) is 26.8 Å². The van der Waals surface area contributed by atoms with Crippen molar-refractivity contribution in [2.45, 2.75) is 26.9 Å². The molecule has 1 aromatic rings. The zero-order chi connectivity index (χ0) is 20.4. The fraction of sp³-hybridized carbons (Fsp3) is 0.471. The Bertz CT molecular complexity index is 693. The van der Waals surface area contributed by atoms with Crippen LogP contribution in [-0.4, -0.2) is 58.3 Å². The van der Waals surface area contributed by atoms with Crippen LogP contribution in [0.1, 0.15) is 20.8 Å². The van der Waals surface area contributed by atoms with Gasteiger partial charge in [0.05, 0.1) is 16.4 Å². The molecule has 0 spiro atoms. The van der Waals surface area contributed by atoms with E-state index in [1.807, 2.05) is 13.8 Å². The Morgan fingerprint density at radius 3 is 2.52 bits per heavy atom. The van der Waals surface area contributed by atoms with E-state index in [4.69, 9.17) is 4.74 Å². The van der Waals surface area contributed by atoms with Crippen LogP contribution in [0.15, 0.2) is 24.3 Å². The van der Waals surface area contributed by atoms with Gasteiger partial charge in [-0.2, -0.15) is 0 Å². The Balaban J connectivity index is 2.44. The highest BCUT2D eigenvalue weighted by Crippen LogP contribution is 2.17. The number of carbonyl (C=O) groups excluding carboxylic acids is 3. The molecule has 0 bridgehead atoms. The van der Waals surface area contributed by atoms with Gasteiger partial charge in [0.15, 0.2) is 6.10 Å². The molecule has 0 unspecified atom stereocenters. The molecule has 1 atom stereocenters. The molecule has 0 fully saturated rings. The van der Waals surface area contributed by atoms with Crippen molar-refractivity contribution < 1.29 is 24.0 Å². The highest BCUT2D eigenvalue weighted by atomic mass is 32.2. The quantitative estimate of drug-likeness (QED) is 0.365. The molecule has 0 aromatic heterocycles. The Labute approximate surface area is 161 Å². The number of rotatable bonds is 10. The number of esters is 1. The molecule has 0 saturated carbocycles. The van der Waals surface area contributed by atoms with E-state index in [9.17, 15) is 24.5 Å². The zero-order valence-electron chi connectivity index (χ0n) is 15.5. The number of nitrogens with one attached hydrogen (secondary N) is 1. The van der Waals surface area contributed by atoms with Gasteiger partial charge in [0.2, 0.25) is 5.91 Å². The van der Waals surface area contributed by atoms with Crippen molar-refractivity contribution in [2.24, 2.45) is 0 Å². The topological polar surface area (TPSA) is 119 Å². The molecular weight excluding hydrogens is 374 g/mol. The fourth-order valence-electron chi connectivity index (χ4n) is 2.12. The highest BCUT2D eigenvalue weighted by molar-refractivity contribution is 8.00. The fourth-order valence-corrected chi connectivity index (χ4v) is 2.81. The van der Waals surface area contributed by atoms with Crippen LogP contribution in [0.5, 0.6) is 0 Å². The van der Waals surface area contributed by atoms with E-state index < -0.39 is 22.9 Å². The van der Waals surface area contributed by atoms with Crippen molar-refractivity contribution in [3.63, 3.8) is 0 Å². The number of hydrogen-bond acceptors (Lipinski definition) is 7. The maximum absolute atomic E-state index is 12.1. The first-order valence-corrected chi connectivity index (χ1v) is 9.54. The molecular formula is C17H23N3O6S. The Hall–Kier alpha value is -2.62. The van der Waals surface area contributed by atoms with Crippen LogP contribution < -0.4 is 5.32 Å². The van der Waals surface area contributed by atoms with Gasteiger partial charge in [0.1, 0.15) is 0 Å². The van der Waals surface area contributed by atoms with Crippen LogP contribution in [0, 0.1) is 10.1 Å². The number of thioether (sulfide) groups is 1. The van der Waals surface area contributed by atoms with E-state index in [-0.39, 0.29) is 28.8 Å². The number of carbonyl (C=O) groups is 3. The summed E-state index contributed by atoms with van der Waals surface area (Å²) in [7, 11) is 0. The van der Waals surface area contributed by atoms with Crippen molar-refractivity contribution in [1.82, 2.24) is 4.90 Å². The molecule has 1 N–H and O–H groups in total. The summed E-state index contributed by atoms with van der Waals surface area (Å²) in [6.07, 6.45) is -1.07. The number of anilines is 1. The van der Waals surface area contributed by atoms with Crippen molar-refractivity contribution in [3.05, 3.63) is 34.4 Å². The van der Waals surface area contributed by atoms with Crippen LogP contribution >= 0.6 is 11.8 Å². The van der Waals surface area contributed by atoms with Gasteiger partial charge in [-0.1, -0.05) is 6.07 Å². The summed E-state index contributed by atoms with van der Waals surface area (Å²) >= 11 is 1.12. The lowest BCUT2D eigenvalue weighted by Gasteiger charge is -2.18. The summed E-state index contributed by atoms with van der Waals surface area (Å²) in [4.78, 5) is 47.5. The second-order valence-corrected chi connectivity index (χ2v) is 6.47. The molecule has 148 valence electrons. The third-order valence-electron chi connectivity index (χ3n) is 3.56. The minimum atomic E-state index is -1.07. The number of nitro benzene ring substituents is 1. The maximum Gasteiger partial charge on any atom is 0.316 e. The number of ether oxygens (including phenoxy) is 1. The molecule has 2 amide bonds. The summed E-state index contributed by atoms with van der Waals surface area (Å²) in [5.41, 5.74) is 0.0722. The first-order valence-electron chi connectivity index (χ1n) is 8.38. The molecule has 0 aliphatic heterocycles. The van der Waals surface area contributed by atoms with Gasteiger partial charge in [0.25, 0.3) is 11.6 Å². The summed E-state index contributed by atoms with van der Waals surface area (Å²) in [5, 5.41) is 13.2. The first kappa shape index (κ1) is 22.4. The molecule has 9 nitrogen and oxygen atoms in total. The Morgan fingerprint density at radius 2 is 1.93 bits per heavy atom. The van der Waals surface area contributed by atoms with Gasteiger partial charge >= 0.3 is 5.97 Å². The molecule has 0 aliphatic rings. The number of nitrogens with zero attached hydrogens (tertiary/aromatic N) is 2. The number of amides is 2. The molecule has 1 rings (SSSR count). The summed E-state index contributed by atoms with van der Waals surface area (Å²) in [6.45, 7) is 6.37. The summed E-state index contributed by atoms with van der Waals surface area (Å²) in [6, 6.07) is 5.44. The van der Waals surface area contributed by atoms with Crippen molar-refractivity contribution >= 4 is 40.9 Å². The third-order valence-corrected chi connectivity index (χ3v) is 4.45. The maximum atomic E-state index is 12.1. The van der Waals surface area contributed by atoms with Crippen LogP contribution in [0.25, 0.3) is 0 Å². The molecule has 0 aliphatic carbocycles. The minimum absolute atomic E-state index is 0.0541. The van der Waals surface area contributed by atoms with Gasteiger partial charge in [-0.15, -0.1) is 11.8 Å². The van der Waals surface area contributed by atoms with Crippen molar-refractivity contribution in [2.75, 3.05) is 29.9 Å². The van der Waals surface area contributed by atoms with E-state index in [1.165, 1.54) is 31.2 Å². The second kappa shape index (κ2) is 11.2. The standard InChI is InChI=1S/C17H23N3O6S/c1-4-19(5-2)15(21)10-27-11-16(22)26-12(3)17(23)18-13-7-6-8-14(9-13)20(24)25/h6-9,12H,4-5,10-11H2,1-3H3,(H,18,23)/t12-/m1/s1. The average Bonchev–Trinajstić information content (AvgIpc) is 2.62. The third kappa shape index (κ3) is 7.65. The second-order valence-electron chi connectivity index (χ2n) is 5.49. The number of benzene rings is 1. The SMILES string of the molecule is CCN(CC)C(=O)CSCC(=O)O[C@H](C)C(=O)Nc1cccc([N+](=O)[O-])c1. The van der Waals surface area contributed by atoms with E-state index >= 15 is 0 Å². The number of non-ortho nitro benzene ring substituents is 1. The average molecular weight is 397 g/mol. The molecule has 0 saturated heterocycles. The predicted molar refractivity (Wildman–Crippen MR) is 103 cm³/mol. The largest absolute Gasteiger partial charge is 0.452 e. The number of hydrogen-bond donors (Lipinski definition) is 1. The molecule has 0 radical (unpaired) electrons. The smallest absolute Gasteiger partial charge is 0.316 e. The van der Waals surface area contributed by atoms with E-state index in [2.05, 4.69) is 5.32 Å². The first-order chi connectivity index (χ1) is 12.8. The molecule has 1 aromatic carbocycles. The predicted octanol–water partition coefficient (Wildman–Crippen LogP) is 2.07. The van der Waals surface area contributed by atoms with Crippen LogP contribution in [0.2, 0.25) is 0 Å². The number of nitro groups is 1. The van der Waals surface area contributed by atoms with Crippen LogP contribution in [-0.2, 0) is 19.1 Å². The lowest BCUT2D eigenvalue weighted by Crippen LogP contribution is -2.33. The molecule has 0 heterocycles. The van der Waals surface area contributed by atoms with Gasteiger partial charge < -0.3 is 15.0 Å². The summed E-state index contributed by atoms with van der Waals surface area (Å²) < 4.78 is 5.03. The van der Waals surface area contributed by atoms with Crippen molar-refractivity contribution in [3.8, 4) is 0 Å². The minimum Gasteiger partial charge on any atom is -0.452 e. The normalized spacial score (nSPS) is 11.4. The highest BCUT2D eigenvalue weighted by Gasteiger charge is 2.19. The Morgan fingerprint density at radius 1 is 1.26 bits per heavy atom. The van der Waals surface area contributed by atoms with Gasteiger partial charge in [0, 0.05) is 30.9 Å². The van der Waals surface area contributed by atoms with Crippen LogP contribution in [0.3, 0.4) is 0 Å². The Kier molecular flexibility index (Phi) is 9.27.